The normalized spacial score (nSPS) is 18.3. The Morgan fingerprint density at radius 1 is 1.07 bits per heavy atom. The molecule has 4 heteroatoms. The van der Waals surface area contributed by atoms with Gasteiger partial charge in [0.25, 0.3) is 0 Å². The molecule has 4 nitrogen and oxygen atoms in total. The molecule has 1 aliphatic heterocycles. The molecule has 0 unspecified atom stereocenters. The number of ether oxygens (including phenoxy) is 1. The molecular formula is C24H34N2O2. The van der Waals surface area contributed by atoms with E-state index < -0.39 is 6.10 Å². The lowest BCUT2D eigenvalue weighted by Crippen LogP contribution is -2.45. The maximum Gasteiger partial charge on any atom is 0.108 e. The van der Waals surface area contributed by atoms with Gasteiger partial charge in [0, 0.05) is 12.6 Å². The van der Waals surface area contributed by atoms with Gasteiger partial charge in [0.1, 0.15) is 6.10 Å². The minimum Gasteiger partial charge on any atom is -0.389 e. The van der Waals surface area contributed by atoms with Gasteiger partial charge in [0.05, 0.1) is 12.7 Å². The molecule has 0 amide bonds. The molecule has 2 aromatic carbocycles. The molecule has 1 heterocycles. The number of nitrogens with zero attached hydrogens (tertiary/aromatic N) is 2. The maximum atomic E-state index is 10.6. The van der Waals surface area contributed by atoms with Crippen molar-refractivity contribution in [2.45, 2.75) is 38.0 Å². The average molecular weight is 383 g/mol. The summed E-state index contributed by atoms with van der Waals surface area (Å²) in [7, 11) is 4.30. The zero-order chi connectivity index (χ0) is 19.9. The maximum absolute atomic E-state index is 10.6. The molecular weight excluding hydrogens is 348 g/mol. The average Bonchev–Trinajstić information content (AvgIpc) is 2.70. The van der Waals surface area contributed by atoms with Gasteiger partial charge in [-0.3, -0.25) is 0 Å². The first-order chi connectivity index (χ1) is 13.5. The second-order valence-electron chi connectivity index (χ2n) is 8.11. The van der Waals surface area contributed by atoms with Gasteiger partial charge in [-0.1, -0.05) is 54.6 Å². The van der Waals surface area contributed by atoms with E-state index in [1.807, 2.05) is 30.3 Å². The minimum atomic E-state index is -0.500. The predicted octanol–water partition coefficient (Wildman–Crippen LogP) is 3.49. The third kappa shape index (κ3) is 5.65. The van der Waals surface area contributed by atoms with Crippen LogP contribution in [-0.4, -0.2) is 67.4 Å². The van der Waals surface area contributed by atoms with Crippen LogP contribution >= 0.6 is 0 Å². The molecule has 2 aromatic rings. The first-order valence-electron chi connectivity index (χ1n) is 10.3. The Bertz CT molecular complexity index is 714. The highest BCUT2D eigenvalue weighted by Gasteiger charge is 2.23. The molecule has 0 aromatic heterocycles. The van der Waals surface area contributed by atoms with Crippen molar-refractivity contribution in [1.29, 1.82) is 0 Å². The molecule has 152 valence electrons. The van der Waals surface area contributed by atoms with E-state index >= 15 is 0 Å². The SMILES string of the molecule is Cc1ccccc1[C@H](OC[C@@H](O)CN(C)C1CCN(C)CC1)c1ccccc1. The number of piperidine rings is 1. The largest absolute Gasteiger partial charge is 0.389 e. The van der Waals surface area contributed by atoms with E-state index in [-0.39, 0.29) is 6.10 Å². The highest BCUT2D eigenvalue weighted by atomic mass is 16.5. The monoisotopic (exact) mass is 382 g/mol. The molecule has 0 bridgehead atoms. The van der Waals surface area contributed by atoms with E-state index in [2.05, 4.69) is 55.1 Å². The van der Waals surface area contributed by atoms with Crippen LogP contribution in [0.1, 0.15) is 35.6 Å². The van der Waals surface area contributed by atoms with Crippen LogP contribution in [0.25, 0.3) is 0 Å². The molecule has 2 atom stereocenters. The summed E-state index contributed by atoms with van der Waals surface area (Å²) in [5.41, 5.74) is 3.48. The fraction of sp³-hybridized carbons (Fsp3) is 0.500. The Morgan fingerprint density at radius 2 is 1.71 bits per heavy atom. The van der Waals surface area contributed by atoms with E-state index in [0.717, 1.165) is 37.1 Å². The highest BCUT2D eigenvalue weighted by molar-refractivity contribution is 5.35. The topological polar surface area (TPSA) is 35.9 Å². The Balaban J connectivity index is 1.61. The predicted molar refractivity (Wildman–Crippen MR) is 115 cm³/mol. The molecule has 1 aliphatic rings. The number of benzene rings is 2. The standard InChI is InChI=1S/C24H34N2O2/c1-19-9-7-8-12-23(19)24(20-10-5-4-6-11-20)28-18-22(27)17-26(3)21-13-15-25(2)16-14-21/h4-12,21-22,24,27H,13-18H2,1-3H3/t22-,24+/m0/s1. The molecule has 0 spiro atoms. The highest BCUT2D eigenvalue weighted by Crippen LogP contribution is 2.28. The second kappa shape index (κ2) is 10.2. The molecule has 3 rings (SSSR count). The number of likely N-dealkylation sites (N-methyl/N-ethyl adjacent to an activating group) is 1. The fourth-order valence-corrected chi connectivity index (χ4v) is 4.05. The van der Waals surface area contributed by atoms with Gasteiger partial charge in [-0.05, 0) is 63.6 Å². The van der Waals surface area contributed by atoms with Gasteiger partial charge >= 0.3 is 0 Å². The smallest absolute Gasteiger partial charge is 0.108 e. The molecule has 1 fully saturated rings. The summed E-state index contributed by atoms with van der Waals surface area (Å²) in [5.74, 6) is 0. The molecule has 0 radical (unpaired) electrons. The third-order valence-electron chi connectivity index (χ3n) is 5.84. The van der Waals surface area contributed by atoms with Gasteiger partial charge in [-0.25, -0.2) is 0 Å². The van der Waals surface area contributed by atoms with E-state index in [1.165, 1.54) is 5.56 Å². The van der Waals surface area contributed by atoms with E-state index in [4.69, 9.17) is 4.74 Å². The van der Waals surface area contributed by atoms with Crippen LogP contribution in [0.5, 0.6) is 0 Å². The lowest BCUT2D eigenvalue weighted by atomic mass is 9.97. The van der Waals surface area contributed by atoms with Crippen LogP contribution in [0, 0.1) is 6.92 Å². The number of likely N-dealkylation sites (tertiary alicyclic amines) is 1. The van der Waals surface area contributed by atoms with Crippen LogP contribution in [0.15, 0.2) is 54.6 Å². The number of aryl methyl sites for hydroxylation is 1. The summed E-state index contributed by atoms with van der Waals surface area (Å²) in [6, 6.07) is 19.1. The van der Waals surface area contributed by atoms with E-state index in [1.54, 1.807) is 0 Å². The lowest BCUT2D eigenvalue weighted by molar-refractivity contribution is -0.0136. The molecule has 28 heavy (non-hydrogen) atoms. The van der Waals surface area contributed by atoms with Crippen molar-refractivity contribution < 1.29 is 9.84 Å². The molecule has 1 N–H and O–H groups in total. The fourth-order valence-electron chi connectivity index (χ4n) is 4.05. The van der Waals surface area contributed by atoms with Crippen molar-refractivity contribution in [2.75, 3.05) is 40.3 Å². The van der Waals surface area contributed by atoms with Gasteiger partial charge in [0.2, 0.25) is 0 Å². The van der Waals surface area contributed by atoms with Crippen molar-refractivity contribution in [3.63, 3.8) is 0 Å². The summed E-state index contributed by atoms with van der Waals surface area (Å²) in [4.78, 5) is 4.67. The lowest BCUT2D eigenvalue weighted by Gasteiger charge is -2.36. The van der Waals surface area contributed by atoms with Crippen molar-refractivity contribution in [1.82, 2.24) is 9.80 Å². The zero-order valence-electron chi connectivity index (χ0n) is 17.4. The van der Waals surface area contributed by atoms with Crippen LogP contribution < -0.4 is 0 Å². The first kappa shape index (κ1) is 21.0. The van der Waals surface area contributed by atoms with Crippen LogP contribution in [0.2, 0.25) is 0 Å². The summed E-state index contributed by atoms with van der Waals surface area (Å²) in [6.45, 7) is 5.34. The van der Waals surface area contributed by atoms with Crippen molar-refractivity contribution in [3.05, 3.63) is 71.3 Å². The van der Waals surface area contributed by atoms with Crippen LogP contribution in [0.3, 0.4) is 0 Å². The molecule has 0 aliphatic carbocycles. The Hall–Kier alpha value is -1.72. The summed E-state index contributed by atoms with van der Waals surface area (Å²) in [6.07, 6.45) is 1.66. The van der Waals surface area contributed by atoms with Crippen molar-refractivity contribution >= 4 is 0 Å². The summed E-state index contributed by atoms with van der Waals surface area (Å²) in [5, 5.41) is 10.6. The van der Waals surface area contributed by atoms with Crippen molar-refractivity contribution in [2.24, 2.45) is 0 Å². The first-order valence-corrected chi connectivity index (χ1v) is 10.3. The quantitative estimate of drug-likeness (QED) is 0.758. The third-order valence-corrected chi connectivity index (χ3v) is 5.84. The number of hydrogen-bond acceptors (Lipinski definition) is 4. The Kier molecular flexibility index (Phi) is 7.63. The number of hydrogen-bond donors (Lipinski definition) is 1. The van der Waals surface area contributed by atoms with E-state index in [9.17, 15) is 5.11 Å². The molecule has 1 saturated heterocycles. The summed E-state index contributed by atoms with van der Waals surface area (Å²) >= 11 is 0. The number of aliphatic hydroxyl groups is 1. The number of rotatable bonds is 8. The Labute approximate surface area is 169 Å². The van der Waals surface area contributed by atoms with E-state index in [0.29, 0.717) is 19.2 Å². The van der Waals surface area contributed by atoms with Gasteiger partial charge in [0.15, 0.2) is 0 Å². The van der Waals surface area contributed by atoms with Crippen LogP contribution in [0.4, 0.5) is 0 Å². The second-order valence-corrected chi connectivity index (χ2v) is 8.11. The Morgan fingerprint density at radius 3 is 2.39 bits per heavy atom. The number of aliphatic hydroxyl groups excluding tert-OH is 1. The zero-order valence-corrected chi connectivity index (χ0v) is 17.4. The van der Waals surface area contributed by atoms with Crippen LogP contribution in [-0.2, 0) is 4.74 Å². The van der Waals surface area contributed by atoms with Gasteiger partial charge < -0.3 is 19.6 Å². The van der Waals surface area contributed by atoms with Crippen molar-refractivity contribution in [3.8, 4) is 0 Å². The van der Waals surface area contributed by atoms with Gasteiger partial charge in [-0.2, -0.15) is 0 Å². The minimum absolute atomic E-state index is 0.161. The molecule has 0 saturated carbocycles. The summed E-state index contributed by atoms with van der Waals surface area (Å²) < 4.78 is 6.28. The van der Waals surface area contributed by atoms with Gasteiger partial charge in [-0.15, -0.1) is 0 Å².